The lowest BCUT2D eigenvalue weighted by atomic mass is 10.0. The summed E-state index contributed by atoms with van der Waals surface area (Å²) < 4.78 is 0. The van der Waals surface area contributed by atoms with Crippen molar-refractivity contribution in [3.63, 3.8) is 0 Å². The minimum absolute atomic E-state index is 0.0159. The van der Waals surface area contributed by atoms with E-state index in [9.17, 15) is 4.79 Å². The van der Waals surface area contributed by atoms with Gasteiger partial charge in [0.1, 0.15) is 0 Å². The highest BCUT2D eigenvalue weighted by atomic mass is 16.1. The summed E-state index contributed by atoms with van der Waals surface area (Å²) in [5.41, 5.74) is 3.20. The van der Waals surface area contributed by atoms with Gasteiger partial charge in [0.25, 0.3) is 0 Å². The summed E-state index contributed by atoms with van der Waals surface area (Å²) in [6.45, 7) is 0.870. The molecule has 1 amide bonds. The van der Waals surface area contributed by atoms with Gasteiger partial charge < -0.3 is 5.32 Å². The first-order chi connectivity index (χ1) is 12.8. The van der Waals surface area contributed by atoms with Crippen LogP contribution in [0.2, 0.25) is 0 Å². The van der Waals surface area contributed by atoms with E-state index < -0.39 is 0 Å². The van der Waals surface area contributed by atoms with Crippen LogP contribution in [0.5, 0.6) is 0 Å². The molecule has 0 aliphatic rings. The van der Waals surface area contributed by atoms with Crippen LogP contribution >= 0.6 is 0 Å². The van der Waals surface area contributed by atoms with Crippen molar-refractivity contribution in [1.29, 1.82) is 0 Å². The van der Waals surface area contributed by atoms with Crippen LogP contribution in [0, 0.1) is 0 Å². The van der Waals surface area contributed by atoms with Gasteiger partial charge in [-0.15, -0.1) is 0 Å². The lowest BCUT2D eigenvalue weighted by molar-refractivity contribution is -0.120. The SMILES string of the molecule is O=C(CNC(c1ccccc1)c1ccccn1)NCCc1ccccc1. The van der Waals surface area contributed by atoms with E-state index in [0.717, 1.165) is 17.7 Å². The Hall–Kier alpha value is -2.98. The molecule has 26 heavy (non-hydrogen) atoms. The normalized spacial score (nSPS) is 11.7. The number of aromatic nitrogens is 1. The third kappa shape index (κ3) is 5.26. The fraction of sp³-hybridized carbons (Fsp3) is 0.182. The van der Waals surface area contributed by atoms with E-state index in [4.69, 9.17) is 0 Å². The zero-order valence-electron chi connectivity index (χ0n) is 14.6. The second-order valence-electron chi connectivity index (χ2n) is 6.06. The summed E-state index contributed by atoms with van der Waals surface area (Å²) in [4.78, 5) is 16.6. The van der Waals surface area contributed by atoms with Gasteiger partial charge in [0.15, 0.2) is 0 Å². The van der Waals surface area contributed by atoms with Crippen LogP contribution < -0.4 is 10.6 Å². The number of nitrogens with one attached hydrogen (secondary N) is 2. The average molecular weight is 345 g/mol. The highest BCUT2D eigenvalue weighted by Gasteiger charge is 2.15. The number of carbonyl (C=O) groups excluding carboxylic acids is 1. The first-order valence-corrected chi connectivity index (χ1v) is 8.83. The average Bonchev–Trinajstić information content (AvgIpc) is 2.71. The van der Waals surface area contributed by atoms with Crippen molar-refractivity contribution in [2.45, 2.75) is 12.5 Å². The van der Waals surface area contributed by atoms with Crippen LogP contribution in [0.1, 0.15) is 22.9 Å². The Labute approximate surface area is 154 Å². The van der Waals surface area contributed by atoms with Crippen LogP contribution in [0.25, 0.3) is 0 Å². The molecule has 1 unspecified atom stereocenters. The fourth-order valence-electron chi connectivity index (χ4n) is 2.83. The molecule has 0 bridgehead atoms. The van der Waals surface area contributed by atoms with Crippen LogP contribution in [-0.4, -0.2) is 24.0 Å². The van der Waals surface area contributed by atoms with Gasteiger partial charge in [-0.2, -0.15) is 0 Å². The van der Waals surface area contributed by atoms with E-state index in [1.165, 1.54) is 5.56 Å². The smallest absolute Gasteiger partial charge is 0.233 e. The van der Waals surface area contributed by atoms with Gasteiger partial charge >= 0.3 is 0 Å². The molecule has 3 rings (SSSR count). The number of hydrogen-bond acceptors (Lipinski definition) is 3. The van der Waals surface area contributed by atoms with E-state index in [1.807, 2.05) is 66.7 Å². The molecule has 0 spiro atoms. The van der Waals surface area contributed by atoms with Crippen molar-refractivity contribution < 1.29 is 4.79 Å². The zero-order valence-corrected chi connectivity index (χ0v) is 14.6. The third-order valence-corrected chi connectivity index (χ3v) is 4.16. The molecular formula is C22H23N3O. The van der Waals surface area contributed by atoms with E-state index in [-0.39, 0.29) is 18.5 Å². The lowest BCUT2D eigenvalue weighted by Gasteiger charge is -2.18. The summed E-state index contributed by atoms with van der Waals surface area (Å²) in [5.74, 6) is -0.0159. The molecule has 3 aromatic rings. The molecule has 0 fully saturated rings. The second-order valence-corrected chi connectivity index (χ2v) is 6.06. The van der Waals surface area contributed by atoms with Gasteiger partial charge in [-0.25, -0.2) is 0 Å². The van der Waals surface area contributed by atoms with E-state index in [2.05, 4.69) is 27.8 Å². The quantitative estimate of drug-likeness (QED) is 0.659. The number of rotatable bonds is 8. The van der Waals surface area contributed by atoms with E-state index in [1.54, 1.807) is 6.20 Å². The van der Waals surface area contributed by atoms with Crippen LogP contribution in [0.3, 0.4) is 0 Å². The number of amides is 1. The van der Waals surface area contributed by atoms with Crippen molar-refractivity contribution in [2.24, 2.45) is 0 Å². The molecular weight excluding hydrogens is 322 g/mol. The van der Waals surface area contributed by atoms with Crippen molar-refractivity contribution in [1.82, 2.24) is 15.6 Å². The predicted octanol–water partition coefficient (Wildman–Crippen LogP) is 3.12. The molecule has 0 aliphatic carbocycles. The molecule has 1 atom stereocenters. The van der Waals surface area contributed by atoms with Crippen LogP contribution in [-0.2, 0) is 11.2 Å². The molecule has 2 N–H and O–H groups in total. The maximum atomic E-state index is 12.2. The van der Waals surface area contributed by atoms with Gasteiger partial charge in [-0.3, -0.25) is 15.1 Å². The van der Waals surface area contributed by atoms with Gasteiger partial charge in [0, 0.05) is 12.7 Å². The van der Waals surface area contributed by atoms with Crippen molar-refractivity contribution in [3.8, 4) is 0 Å². The Morgan fingerprint density at radius 1 is 0.885 bits per heavy atom. The molecule has 4 heteroatoms. The van der Waals surface area contributed by atoms with E-state index >= 15 is 0 Å². The van der Waals surface area contributed by atoms with Gasteiger partial charge in [-0.1, -0.05) is 66.7 Å². The first kappa shape index (κ1) is 17.8. The van der Waals surface area contributed by atoms with Gasteiger partial charge in [0.05, 0.1) is 18.3 Å². The first-order valence-electron chi connectivity index (χ1n) is 8.83. The summed E-state index contributed by atoms with van der Waals surface area (Å²) in [7, 11) is 0. The number of hydrogen-bond donors (Lipinski definition) is 2. The molecule has 0 saturated carbocycles. The molecule has 4 nitrogen and oxygen atoms in total. The van der Waals surface area contributed by atoms with Crippen molar-refractivity contribution >= 4 is 5.91 Å². The molecule has 0 aliphatic heterocycles. The number of pyridine rings is 1. The summed E-state index contributed by atoms with van der Waals surface area (Å²) in [6.07, 6.45) is 2.60. The van der Waals surface area contributed by atoms with Gasteiger partial charge in [0.2, 0.25) is 5.91 Å². The minimum atomic E-state index is -0.114. The van der Waals surface area contributed by atoms with Crippen LogP contribution in [0.4, 0.5) is 0 Å². The lowest BCUT2D eigenvalue weighted by Crippen LogP contribution is -2.37. The highest BCUT2D eigenvalue weighted by Crippen LogP contribution is 2.19. The van der Waals surface area contributed by atoms with Crippen molar-refractivity contribution in [2.75, 3.05) is 13.1 Å². The van der Waals surface area contributed by atoms with Crippen molar-refractivity contribution in [3.05, 3.63) is 102 Å². The topological polar surface area (TPSA) is 54.0 Å². The summed E-state index contributed by atoms with van der Waals surface area (Å²) >= 11 is 0. The van der Waals surface area contributed by atoms with E-state index in [0.29, 0.717) is 6.54 Å². The summed E-state index contributed by atoms with van der Waals surface area (Å²) in [6, 6.07) is 25.9. The number of nitrogens with zero attached hydrogens (tertiary/aromatic N) is 1. The van der Waals surface area contributed by atoms with Crippen LogP contribution in [0.15, 0.2) is 85.1 Å². The second kappa shape index (κ2) is 9.49. The minimum Gasteiger partial charge on any atom is -0.355 e. The Balaban J connectivity index is 1.55. The number of carbonyl (C=O) groups is 1. The molecule has 1 aromatic heterocycles. The third-order valence-electron chi connectivity index (χ3n) is 4.16. The monoisotopic (exact) mass is 345 g/mol. The Morgan fingerprint density at radius 2 is 1.58 bits per heavy atom. The predicted molar refractivity (Wildman–Crippen MR) is 104 cm³/mol. The highest BCUT2D eigenvalue weighted by molar-refractivity contribution is 5.78. The largest absolute Gasteiger partial charge is 0.355 e. The maximum Gasteiger partial charge on any atom is 0.233 e. The Bertz CT molecular complexity index is 752. The molecule has 2 aromatic carbocycles. The van der Waals surface area contributed by atoms with Gasteiger partial charge in [-0.05, 0) is 29.7 Å². The molecule has 0 saturated heterocycles. The standard InChI is InChI=1S/C22H23N3O/c26-21(24-16-14-18-9-3-1-4-10-18)17-25-22(19-11-5-2-6-12-19)20-13-7-8-15-23-20/h1-13,15,22,25H,14,16-17H2,(H,24,26). The Kier molecular flexibility index (Phi) is 6.51. The summed E-state index contributed by atoms with van der Waals surface area (Å²) in [5, 5.41) is 6.29. The number of benzene rings is 2. The maximum absolute atomic E-state index is 12.2. The molecule has 132 valence electrons. The Morgan fingerprint density at radius 3 is 2.27 bits per heavy atom. The molecule has 1 heterocycles. The zero-order chi connectivity index (χ0) is 18.0. The molecule has 0 radical (unpaired) electrons. The fourth-order valence-corrected chi connectivity index (χ4v) is 2.83.